The van der Waals surface area contributed by atoms with Gasteiger partial charge in [-0.2, -0.15) is 0 Å². The minimum Gasteiger partial charge on any atom is -0.267 e. The largest absolute Gasteiger partial charge is 0.281 e. The van der Waals surface area contributed by atoms with Crippen molar-refractivity contribution >= 4 is 37.5 Å². The highest BCUT2D eigenvalue weighted by molar-refractivity contribution is 7.89. The molecule has 1 aromatic carbocycles. The molecule has 0 radical (unpaired) electrons. The highest BCUT2D eigenvalue weighted by Gasteiger charge is 2.19. The van der Waals surface area contributed by atoms with Crippen LogP contribution < -0.4 is 11.0 Å². The van der Waals surface area contributed by atoms with Gasteiger partial charge in [0.1, 0.15) is 10.7 Å². The maximum atomic E-state index is 12.5. The van der Waals surface area contributed by atoms with Crippen molar-refractivity contribution in [3.05, 3.63) is 57.5 Å². The van der Waals surface area contributed by atoms with Gasteiger partial charge in [-0.1, -0.05) is 6.07 Å². The molecule has 2 heterocycles. The van der Waals surface area contributed by atoms with E-state index in [-0.39, 0.29) is 16.0 Å². The van der Waals surface area contributed by atoms with E-state index in [1.807, 2.05) is 0 Å². The van der Waals surface area contributed by atoms with Crippen LogP contribution in [0, 0.1) is 6.92 Å². The van der Waals surface area contributed by atoms with Gasteiger partial charge in [-0.3, -0.25) is 15.0 Å². The molecule has 0 aliphatic heterocycles. The fraction of sp³-hybridized carbons (Fsp3) is 0.188. The standard InChI is InChI=1S/C16H16N4O4S2/c1-10-17-15-13(7-8-25-15)16(22)20(10)18-14(21)11-5-4-6-12(9-11)26(23,24)19(2)3/h4-9H,1-3H3,(H,18,21). The van der Waals surface area contributed by atoms with E-state index >= 15 is 0 Å². The van der Waals surface area contributed by atoms with Crippen LogP contribution in [0.2, 0.25) is 0 Å². The summed E-state index contributed by atoms with van der Waals surface area (Å²) in [6.45, 7) is 1.60. The smallest absolute Gasteiger partial charge is 0.267 e. The van der Waals surface area contributed by atoms with Gasteiger partial charge < -0.3 is 0 Å². The van der Waals surface area contributed by atoms with E-state index in [2.05, 4.69) is 10.4 Å². The van der Waals surface area contributed by atoms with Crippen LogP contribution in [0.3, 0.4) is 0 Å². The molecule has 0 fully saturated rings. The number of carbonyl (C=O) groups excluding carboxylic acids is 1. The third-order valence-corrected chi connectivity index (χ3v) is 6.37. The van der Waals surface area contributed by atoms with Crippen molar-refractivity contribution in [2.45, 2.75) is 11.8 Å². The van der Waals surface area contributed by atoms with Gasteiger partial charge in [-0.05, 0) is 36.6 Å². The molecular weight excluding hydrogens is 376 g/mol. The van der Waals surface area contributed by atoms with Gasteiger partial charge in [-0.25, -0.2) is 22.4 Å². The molecule has 8 nitrogen and oxygen atoms in total. The Hall–Kier alpha value is -2.56. The number of hydrogen-bond donors (Lipinski definition) is 1. The van der Waals surface area contributed by atoms with E-state index in [9.17, 15) is 18.0 Å². The topological polar surface area (TPSA) is 101 Å². The molecule has 0 saturated carbocycles. The molecular formula is C16H16N4O4S2. The van der Waals surface area contributed by atoms with Crippen molar-refractivity contribution in [1.29, 1.82) is 0 Å². The first-order valence-corrected chi connectivity index (χ1v) is 9.84. The van der Waals surface area contributed by atoms with Crippen LogP contribution in [0.5, 0.6) is 0 Å². The first kappa shape index (κ1) is 18.2. The molecule has 0 unspecified atom stereocenters. The number of fused-ring (bicyclic) bond motifs is 1. The highest BCUT2D eigenvalue weighted by Crippen LogP contribution is 2.16. The zero-order valence-corrected chi connectivity index (χ0v) is 15.9. The first-order chi connectivity index (χ1) is 12.2. The number of aromatic nitrogens is 2. The summed E-state index contributed by atoms with van der Waals surface area (Å²) in [5.41, 5.74) is 2.21. The van der Waals surface area contributed by atoms with Crippen LogP contribution in [-0.4, -0.2) is 42.4 Å². The molecule has 0 spiro atoms. The molecule has 0 aliphatic rings. The molecule has 1 N–H and O–H groups in total. The van der Waals surface area contributed by atoms with Gasteiger partial charge in [0, 0.05) is 19.7 Å². The summed E-state index contributed by atoms with van der Waals surface area (Å²) >= 11 is 1.34. The van der Waals surface area contributed by atoms with Crippen LogP contribution in [0.15, 0.2) is 45.4 Å². The fourth-order valence-corrected chi connectivity index (χ4v) is 4.07. The summed E-state index contributed by atoms with van der Waals surface area (Å²) in [6.07, 6.45) is 0. The minimum absolute atomic E-state index is 0.00868. The first-order valence-electron chi connectivity index (χ1n) is 7.52. The van der Waals surface area contributed by atoms with Gasteiger partial charge >= 0.3 is 0 Å². The molecule has 0 aliphatic carbocycles. The maximum Gasteiger partial charge on any atom is 0.281 e. The van der Waals surface area contributed by atoms with E-state index in [1.165, 1.54) is 49.7 Å². The summed E-state index contributed by atoms with van der Waals surface area (Å²) in [6, 6.07) is 7.26. The van der Waals surface area contributed by atoms with Crippen LogP contribution in [0.1, 0.15) is 16.2 Å². The Labute approximate surface area is 153 Å². The Kier molecular flexibility index (Phi) is 4.65. The third-order valence-electron chi connectivity index (χ3n) is 3.75. The van der Waals surface area contributed by atoms with E-state index in [0.29, 0.717) is 16.0 Å². The second kappa shape index (κ2) is 6.63. The van der Waals surface area contributed by atoms with E-state index in [1.54, 1.807) is 18.4 Å². The zero-order valence-electron chi connectivity index (χ0n) is 14.3. The number of benzene rings is 1. The van der Waals surface area contributed by atoms with Crippen LogP contribution in [-0.2, 0) is 10.0 Å². The predicted octanol–water partition coefficient (Wildman–Crippen LogP) is 1.40. The number of amides is 1. The summed E-state index contributed by atoms with van der Waals surface area (Å²) in [5, 5.41) is 2.16. The summed E-state index contributed by atoms with van der Waals surface area (Å²) in [4.78, 5) is 29.9. The number of nitrogens with zero attached hydrogens (tertiary/aromatic N) is 3. The van der Waals surface area contributed by atoms with Crippen molar-refractivity contribution in [3.63, 3.8) is 0 Å². The normalized spacial score (nSPS) is 11.8. The highest BCUT2D eigenvalue weighted by atomic mass is 32.2. The molecule has 26 heavy (non-hydrogen) atoms. The van der Waals surface area contributed by atoms with Crippen LogP contribution >= 0.6 is 11.3 Å². The van der Waals surface area contributed by atoms with Crippen molar-refractivity contribution in [2.24, 2.45) is 0 Å². The molecule has 2 aromatic heterocycles. The number of aryl methyl sites for hydroxylation is 1. The van der Waals surface area contributed by atoms with Gasteiger partial charge in [0.05, 0.1) is 10.3 Å². The van der Waals surface area contributed by atoms with Crippen molar-refractivity contribution in [1.82, 2.24) is 14.0 Å². The molecule has 0 saturated heterocycles. The average molecular weight is 392 g/mol. The average Bonchev–Trinajstić information content (AvgIpc) is 3.06. The lowest BCUT2D eigenvalue weighted by molar-refractivity contribution is 0.101. The lowest BCUT2D eigenvalue weighted by atomic mass is 10.2. The van der Waals surface area contributed by atoms with E-state index < -0.39 is 15.9 Å². The van der Waals surface area contributed by atoms with Gasteiger partial charge in [0.25, 0.3) is 11.5 Å². The Morgan fingerprint density at radius 1 is 1.27 bits per heavy atom. The van der Waals surface area contributed by atoms with E-state index in [0.717, 1.165) is 8.98 Å². The number of rotatable bonds is 4. The Balaban J connectivity index is 1.98. The Morgan fingerprint density at radius 3 is 2.69 bits per heavy atom. The molecule has 3 rings (SSSR count). The summed E-state index contributed by atoms with van der Waals surface area (Å²) < 4.78 is 26.6. The number of carbonyl (C=O) groups is 1. The van der Waals surface area contributed by atoms with Gasteiger partial charge in [-0.15, -0.1) is 11.3 Å². The zero-order chi connectivity index (χ0) is 19.1. The molecule has 3 aromatic rings. The summed E-state index contributed by atoms with van der Waals surface area (Å²) in [5.74, 6) is -0.280. The van der Waals surface area contributed by atoms with Crippen molar-refractivity contribution in [3.8, 4) is 0 Å². The number of nitrogens with one attached hydrogen (secondary N) is 1. The molecule has 0 atom stereocenters. The SMILES string of the molecule is Cc1nc2sccc2c(=O)n1NC(=O)c1cccc(S(=O)(=O)N(C)C)c1. The van der Waals surface area contributed by atoms with Crippen molar-refractivity contribution in [2.75, 3.05) is 19.5 Å². The van der Waals surface area contributed by atoms with Crippen LogP contribution in [0.4, 0.5) is 0 Å². The Morgan fingerprint density at radius 2 is 2.00 bits per heavy atom. The van der Waals surface area contributed by atoms with Crippen LogP contribution in [0.25, 0.3) is 10.2 Å². The monoisotopic (exact) mass is 392 g/mol. The molecule has 10 heteroatoms. The summed E-state index contributed by atoms with van der Waals surface area (Å²) in [7, 11) is -0.851. The molecule has 1 amide bonds. The predicted molar refractivity (Wildman–Crippen MR) is 99.6 cm³/mol. The Bertz CT molecular complexity index is 1160. The minimum atomic E-state index is -3.67. The fourth-order valence-electron chi connectivity index (χ4n) is 2.32. The maximum absolute atomic E-state index is 12.5. The lowest BCUT2D eigenvalue weighted by Crippen LogP contribution is -2.35. The van der Waals surface area contributed by atoms with Gasteiger partial charge in [0.2, 0.25) is 10.0 Å². The number of sulfonamides is 1. The van der Waals surface area contributed by atoms with Crippen molar-refractivity contribution < 1.29 is 13.2 Å². The van der Waals surface area contributed by atoms with Gasteiger partial charge in [0.15, 0.2) is 0 Å². The van der Waals surface area contributed by atoms with E-state index in [4.69, 9.17) is 0 Å². The molecule has 0 bridgehead atoms. The lowest BCUT2D eigenvalue weighted by Gasteiger charge is -2.13. The third kappa shape index (κ3) is 3.14. The quantitative estimate of drug-likeness (QED) is 0.723. The number of thiophene rings is 1. The second-order valence-electron chi connectivity index (χ2n) is 5.70. The number of hydrogen-bond acceptors (Lipinski definition) is 6. The second-order valence-corrected chi connectivity index (χ2v) is 8.74. The molecule has 136 valence electrons.